The number of carbonyl (C=O) groups is 1. The number of anilines is 1. The Kier molecular flexibility index (Phi) is 3.06. The van der Waals surface area contributed by atoms with Crippen LogP contribution in [0.5, 0.6) is 0 Å². The molecule has 1 aliphatic carbocycles. The largest absolute Gasteiger partial charge is 0.355 e. The molecule has 96 valence electrons. The van der Waals surface area contributed by atoms with E-state index in [1.165, 1.54) is 25.7 Å². The topological polar surface area (TPSA) is 33.2 Å². The molecular formula is C15H20N2O. The van der Waals surface area contributed by atoms with Crippen molar-refractivity contribution < 1.29 is 4.79 Å². The summed E-state index contributed by atoms with van der Waals surface area (Å²) in [4.78, 5) is 18.5. The summed E-state index contributed by atoms with van der Waals surface area (Å²) in [6, 6.07) is 3.75. The van der Waals surface area contributed by atoms with Crippen LogP contribution < -0.4 is 4.90 Å². The Morgan fingerprint density at radius 1 is 1.33 bits per heavy atom. The zero-order chi connectivity index (χ0) is 12.5. The molecule has 1 saturated heterocycles. The van der Waals surface area contributed by atoms with E-state index in [4.69, 9.17) is 0 Å². The second kappa shape index (κ2) is 4.71. The number of piperidine rings is 1. The molecule has 3 nitrogen and oxygen atoms in total. The molecule has 1 saturated carbocycles. The highest BCUT2D eigenvalue weighted by Crippen LogP contribution is 2.36. The van der Waals surface area contributed by atoms with Crippen LogP contribution in [0.2, 0.25) is 0 Å². The van der Waals surface area contributed by atoms with Crippen LogP contribution in [0.4, 0.5) is 5.82 Å². The highest BCUT2D eigenvalue weighted by atomic mass is 16.1. The van der Waals surface area contributed by atoms with Gasteiger partial charge in [0.15, 0.2) is 5.78 Å². The Hall–Kier alpha value is -1.38. The highest BCUT2D eigenvalue weighted by Gasteiger charge is 2.32. The summed E-state index contributed by atoms with van der Waals surface area (Å²) in [5.41, 5.74) is 0.775. The molecule has 0 N–H and O–H groups in total. The Morgan fingerprint density at radius 3 is 2.72 bits per heavy atom. The summed E-state index contributed by atoms with van der Waals surface area (Å²) in [6.07, 6.45) is 7.24. The minimum atomic E-state index is 0.119. The molecule has 0 amide bonds. The molecule has 2 unspecified atom stereocenters. The van der Waals surface area contributed by atoms with Gasteiger partial charge in [-0.05, 0) is 50.2 Å². The van der Waals surface area contributed by atoms with Gasteiger partial charge in [-0.15, -0.1) is 0 Å². The zero-order valence-electron chi connectivity index (χ0n) is 10.9. The minimum absolute atomic E-state index is 0.119. The van der Waals surface area contributed by atoms with Crippen LogP contribution in [-0.4, -0.2) is 23.9 Å². The number of pyridine rings is 1. The Balaban J connectivity index is 1.88. The van der Waals surface area contributed by atoms with Crippen molar-refractivity contribution in [2.24, 2.45) is 11.8 Å². The van der Waals surface area contributed by atoms with Crippen molar-refractivity contribution in [3.05, 3.63) is 23.9 Å². The number of hydrogen-bond donors (Lipinski definition) is 0. The van der Waals surface area contributed by atoms with Gasteiger partial charge in [-0.1, -0.05) is 6.42 Å². The van der Waals surface area contributed by atoms with E-state index in [1.54, 1.807) is 13.1 Å². The van der Waals surface area contributed by atoms with Crippen LogP contribution in [0.1, 0.15) is 43.0 Å². The van der Waals surface area contributed by atoms with Crippen molar-refractivity contribution in [3.8, 4) is 0 Å². The molecule has 0 radical (unpaired) electrons. The maximum atomic E-state index is 11.7. The zero-order valence-corrected chi connectivity index (χ0v) is 10.9. The Morgan fingerprint density at radius 2 is 2.06 bits per heavy atom. The number of carbonyl (C=O) groups excluding carboxylic acids is 1. The molecule has 0 aromatic carbocycles. The standard InChI is InChI=1S/C15H20N2O/c1-11(18)14-6-3-7-16-15(14)17-9-12-4-2-5-13(8-12)10-17/h3,6-7,12-13H,2,4-5,8-10H2,1H3. The average molecular weight is 244 g/mol. The molecule has 2 fully saturated rings. The fourth-order valence-corrected chi connectivity index (χ4v) is 3.53. The second-order valence-corrected chi connectivity index (χ2v) is 5.73. The van der Waals surface area contributed by atoms with E-state index >= 15 is 0 Å². The Labute approximate surface area is 108 Å². The average Bonchev–Trinajstić information content (AvgIpc) is 2.38. The van der Waals surface area contributed by atoms with Gasteiger partial charge in [-0.2, -0.15) is 0 Å². The molecule has 1 aliphatic heterocycles. The van der Waals surface area contributed by atoms with Gasteiger partial charge in [0.1, 0.15) is 5.82 Å². The normalized spacial score (nSPS) is 27.1. The fourth-order valence-electron chi connectivity index (χ4n) is 3.53. The lowest BCUT2D eigenvalue weighted by Crippen LogP contribution is -2.43. The lowest BCUT2D eigenvalue weighted by Gasteiger charge is -2.42. The van der Waals surface area contributed by atoms with Gasteiger partial charge in [0, 0.05) is 19.3 Å². The molecule has 2 aliphatic rings. The number of nitrogens with zero attached hydrogens (tertiary/aromatic N) is 2. The van der Waals surface area contributed by atoms with Crippen molar-refractivity contribution in [1.82, 2.24) is 4.98 Å². The first-order valence-corrected chi connectivity index (χ1v) is 6.95. The van der Waals surface area contributed by atoms with Gasteiger partial charge < -0.3 is 4.90 Å². The van der Waals surface area contributed by atoms with E-state index in [2.05, 4.69) is 9.88 Å². The van der Waals surface area contributed by atoms with Crippen LogP contribution in [0.15, 0.2) is 18.3 Å². The molecule has 1 aromatic heterocycles. The molecule has 2 heterocycles. The molecule has 1 aromatic rings. The van der Waals surface area contributed by atoms with Crippen LogP contribution in [0, 0.1) is 11.8 Å². The fraction of sp³-hybridized carbons (Fsp3) is 0.600. The second-order valence-electron chi connectivity index (χ2n) is 5.73. The summed E-state index contributed by atoms with van der Waals surface area (Å²) >= 11 is 0. The number of hydrogen-bond acceptors (Lipinski definition) is 3. The number of fused-ring (bicyclic) bond motifs is 2. The molecular weight excluding hydrogens is 224 g/mol. The monoisotopic (exact) mass is 244 g/mol. The third-order valence-electron chi connectivity index (χ3n) is 4.31. The highest BCUT2D eigenvalue weighted by molar-refractivity contribution is 5.98. The Bertz CT molecular complexity index is 446. The third kappa shape index (κ3) is 2.14. The maximum Gasteiger partial charge on any atom is 0.163 e. The predicted octanol–water partition coefficient (Wildman–Crippen LogP) is 2.91. The maximum absolute atomic E-state index is 11.7. The van der Waals surface area contributed by atoms with Crippen LogP contribution >= 0.6 is 0 Å². The number of rotatable bonds is 2. The van der Waals surface area contributed by atoms with E-state index < -0.39 is 0 Å². The van der Waals surface area contributed by atoms with Gasteiger partial charge >= 0.3 is 0 Å². The minimum Gasteiger partial charge on any atom is -0.355 e. The van der Waals surface area contributed by atoms with Crippen LogP contribution in [0.3, 0.4) is 0 Å². The number of aromatic nitrogens is 1. The van der Waals surface area contributed by atoms with E-state index in [1.807, 2.05) is 12.1 Å². The quantitative estimate of drug-likeness (QED) is 0.750. The SMILES string of the molecule is CC(=O)c1cccnc1N1CC2CCCC(C2)C1. The molecule has 3 heteroatoms. The van der Waals surface area contributed by atoms with E-state index in [0.717, 1.165) is 36.3 Å². The molecule has 0 spiro atoms. The summed E-state index contributed by atoms with van der Waals surface area (Å²) < 4.78 is 0. The first-order chi connectivity index (χ1) is 8.74. The first-order valence-electron chi connectivity index (χ1n) is 6.95. The lowest BCUT2D eigenvalue weighted by molar-refractivity contribution is 0.101. The third-order valence-corrected chi connectivity index (χ3v) is 4.31. The van der Waals surface area contributed by atoms with E-state index in [0.29, 0.717) is 0 Å². The summed E-state index contributed by atoms with van der Waals surface area (Å²) in [6.45, 7) is 3.78. The molecule has 2 atom stereocenters. The lowest BCUT2D eigenvalue weighted by atomic mass is 9.78. The predicted molar refractivity (Wildman–Crippen MR) is 71.9 cm³/mol. The van der Waals surface area contributed by atoms with Crippen LogP contribution in [-0.2, 0) is 0 Å². The molecule has 3 rings (SSSR count). The first kappa shape index (κ1) is 11.7. The summed E-state index contributed by atoms with van der Waals surface area (Å²) in [5.74, 6) is 2.63. The number of Topliss-reactive ketones (excluding diaryl/α,β-unsaturated/α-hetero) is 1. The van der Waals surface area contributed by atoms with Crippen LogP contribution in [0.25, 0.3) is 0 Å². The van der Waals surface area contributed by atoms with Gasteiger partial charge in [0.05, 0.1) is 5.56 Å². The molecule has 18 heavy (non-hydrogen) atoms. The van der Waals surface area contributed by atoms with Gasteiger partial charge in [0.25, 0.3) is 0 Å². The van der Waals surface area contributed by atoms with E-state index in [-0.39, 0.29) is 5.78 Å². The number of ketones is 1. The van der Waals surface area contributed by atoms with Crippen molar-refractivity contribution in [2.75, 3.05) is 18.0 Å². The summed E-state index contributed by atoms with van der Waals surface area (Å²) in [7, 11) is 0. The van der Waals surface area contributed by atoms with Gasteiger partial charge in [0.2, 0.25) is 0 Å². The molecule has 2 bridgehead atoms. The van der Waals surface area contributed by atoms with Crippen molar-refractivity contribution >= 4 is 11.6 Å². The smallest absolute Gasteiger partial charge is 0.163 e. The van der Waals surface area contributed by atoms with Crippen molar-refractivity contribution in [2.45, 2.75) is 32.6 Å². The van der Waals surface area contributed by atoms with Crippen molar-refractivity contribution in [1.29, 1.82) is 0 Å². The van der Waals surface area contributed by atoms with Gasteiger partial charge in [-0.3, -0.25) is 4.79 Å². The van der Waals surface area contributed by atoms with Crippen molar-refractivity contribution in [3.63, 3.8) is 0 Å². The van der Waals surface area contributed by atoms with Gasteiger partial charge in [-0.25, -0.2) is 4.98 Å². The summed E-state index contributed by atoms with van der Waals surface area (Å²) in [5, 5.41) is 0. The van der Waals surface area contributed by atoms with E-state index in [9.17, 15) is 4.79 Å².